The van der Waals surface area contributed by atoms with Gasteiger partial charge in [-0.3, -0.25) is 4.68 Å². The maximum Gasteiger partial charge on any atom is 0.0739 e. The summed E-state index contributed by atoms with van der Waals surface area (Å²) < 4.78 is 4.08. The summed E-state index contributed by atoms with van der Waals surface area (Å²) in [5.74, 6) is 0. The molecule has 2 aromatic rings. The molecule has 0 atom stereocenters. The van der Waals surface area contributed by atoms with Crippen molar-refractivity contribution in [3.8, 4) is 0 Å². The van der Waals surface area contributed by atoms with Crippen molar-refractivity contribution in [2.45, 2.75) is 26.9 Å². The molecule has 2 N–H and O–H groups in total. The Kier molecular flexibility index (Phi) is 4.75. The maximum absolute atomic E-state index is 6.08. The highest BCUT2D eigenvalue weighted by molar-refractivity contribution is 9.10. The van der Waals surface area contributed by atoms with Crippen molar-refractivity contribution in [2.24, 2.45) is 0 Å². The third-order valence-corrected chi connectivity index (χ3v) is 4.77. The fraction of sp³-hybridized carbons (Fsp3) is 0.357. The first-order valence-corrected chi connectivity index (χ1v) is 8.00. The van der Waals surface area contributed by atoms with Crippen LogP contribution in [0, 0.1) is 6.92 Å². The van der Waals surface area contributed by atoms with Crippen molar-refractivity contribution < 1.29 is 0 Å². The molecule has 0 saturated heterocycles. The minimum absolute atomic E-state index is 0.751. The van der Waals surface area contributed by atoms with Crippen LogP contribution in [0.1, 0.15) is 18.3 Å². The Balaban J connectivity index is 2.30. The van der Waals surface area contributed by atoms with Crippen LogP contribution < -0.4 is 10.6 Å². The van der Waals surface area contributed by atoms with Crippen molar-refractivity contribution in [3.05, 3.63) is 38.5 Å². The van der Waals surface area contributed by atoms with E-state index >= 15 is 0 Å². The molecule has 0 bridgehead atoms. The summed E-state index contributed by atoms with van der Waals surface area (Å²) >= 11 is 7.05. The summed E-state index contributed by atoms with van der Waals surface area (Å²) in [5, 5.41) is 4.52. The summed E-state index contributed by atoms with van der Waals surface area (Å²) in [6, 6.07) is 5.94. The minimum atomic E-state index is 0.751. The Labute approximate surface area is 136 Å². The number of anilines is 2. The highest BCUT2D eigenvalue weighted by Gasteiger charge is 2.15. The molecule has 0 aliphatic heterocycles. The van der Waals surface area contributed by atoms with Gasteiger partial charge in [0, 0.05) is 18.1 Å². The van der Waals surface area contributed by atoms with Gasteiger partial charge in [-0.25, -0.2) is 0 Å². The van der Waals surface area contributed by atoms with E-state index in [1.165, 1.54) is 0 Å². The van der Waals surface area contributed by atoms with Crippen LogP contribution in [0.5, 0.6) is 0 Å². The predicted octanol–water partition coefficient (Wildman–Crippen LogP) is 3.96. The maximum atomic E-state index is 6.08. The molecule has 0 saturated carbocycles. The molecule has 0 spiro atoms. The van der Waals surface area contributed by atoms with E-state index in [0.29, 0.717) is 0 Å². The molecule has 1 heterocycles. The van der Waals surface area contributed by atoms with Gasteiger partial charge in [0.05, 0.1) is 33.8 Å². The van der Waals surface area contributed by atoms with E-state index in [9.17, 15) is 0 Å². The van der Waals surface area contributed by atoms with Crippen molar-refractivity contribution >= 4 is 43.2 Å². The number of halogens is 2. The van der Waals surface area contributed by atoms with Crippen LogP contribution in [0.4, 0.5) is 11.4 Å². The number of nitrogens with two attached hydrogens (primary N) is 1. The molecular weight excluding hydrogens is 384 g/mol. The van der Waals surface area contributed by atoms with Crippen molar-refractivity contribution in [1.82, 2.24) is 9.78 Å². The molecule has 108 valence electrons. The van der Waals surface area contributed by atoms with E-state index < -0.39 is 0 Å². The van der Waals surface area contributed by atoms with Crippen LogP contribution in [0.15, 0.2) is 27.1 Å². The zero-order chi connectivity index (χ0) is 14.9. The second kappa shape index (κ2) is 6.18. The van der Waals surface area contributed by atoms with Gasteiger partial charge in [0.1, 0.15) is 0 Å². The number of aryl methyl sites for hydroxylation is 2. The second-order valence-electron chi connectivity index (χ2n) is 4.72. The molecule has 0 aliphatic carbocycles. The number of benzene rings is 1. The van der Waals surface area contributed by atoms with Crippen molar-refractivity contribution in [2.75, 3.05) is 17.7 Å². The van der Waals surface area contributed by atoms with Crippen LogP contribution in [0.3, 0.4) is 0 Å². The molecule has 2 rings (SSSR count). The molecule has 6 heteroatoms. The Morgan fingerprint density at radius 2 is 2.05 bits per heavy atom. The van der Waals surface area contributed by atoms with Gasteiger partial charge >= 0.3 is 0 Å². The highest BCUT2D eigenvalue weighted by Crippen LogP contribution is 2.29. The quantitative estimate of drug-likeness (QED) is 0.788. The normalized spacial score (nSPS) is 10.8. The number of hydrogen-bond donors (Lipinski definition) is 1. The first-order valence-electron chi connectivity index (χ1n) is 6.42. The fourth-order valence-corrected chi connectivity index (χ4v) is 2.99. The van der Waals surface area contributed by atoms with Crippen LogP contribution in [0.2, 0.25) is 0 Å². The molecule has 0 fully saturated rings. The number of nitrogen functional groups attached to an aromatic ring is 1. The molecule has 1 aromatic heterocycles. The molecule has 4 nitrogen and oxygen atoms in total. The first-order chi connectivity index (χ1) is 9.43. The Hall–Kier alpha value is -1.01. The third-order valence-electron chi connectivity index (χ3n) is 3.24. The zero-order valence-electron chi connectivity index (χ0n) is 11.8. The highest BCUT2D eigenvalue weighted by atomic mass is 79.9. The van der Waals surface area contributed by atoms with E-state index in [4.69, 9.17) is 5.73 Å². The predicted molar refractivity (Wildman–Crippen MR) is 91.0 cm³/mol. The van der Waals surface area contributed by atoms with Crippen LogP contribution >= 0.6 is 31.9 Å². The van der Waals surface area contributed by atoms with E-state index in [-0.39, 0.29) is 0 Å². The van der Waals surface area contributed by atoms with Gasteiger partial charge in [0.15, 0.2) is 0 Å². The monoisotopic (exact) mass is 400 g/mol. The lowest BCUT2D eigenvalue weighted by molar-refractivity contribution is 0.612. The number of aromatic nitrogens is 2. The summed E-state index contributed by atoms with van der Waals surface area (Å²) in [6.07, 6.45) is 0. The summed E-state index contributed by atoms with van der Waals surface area (Å²) in [4.78, 5) is 2.13. The second-order valence-corrected chi connectivity index (χ2v) is 6.43. The number of rotatable bonds is 4. The third kappa shape index (κ3) is 3.01. The lowest BCUT2D eigenvalue weighted by Gasteiger charge is -2.22. The van der Waals surface area contributed by atoms with Gasteiger partial charge in [-0.2, -0.15) is 5.10 Å². The van der Waals surface area contributed by atoms with E-state index in [1.54, 1.807) is 0 Å². The number of hydrogen-bond acceptors (Lipinski definition) is 3. The molecule has 0 radical (unpaired) electrons. The van der Waals surface area contributed by atoms with Gasteiger partial charge in [0.2, 0.25) is 0 Å². The Bertz CT molecular complexity index is 622. The summed E-state index contributed by atoms with van der Waals surface area (Å²) in [6.45, 7) is 5.70. The lowest BCUT2D eigenvalue weighted by atomic mass is 10.2. The molecule has 0 unspecified atom stereocenters. The van der Waals surface area contributed by atoms with Gasteiger partial charge in [-0.15, -0.1) is 0 Å². The van der Waals surface area contributed by atoms with E-state index in [0.717, 1.165) is 44.8 Å². The SMILES string of the molecule is CCn1nc(C)c(Br)c1CN(C)c1ccc(Br)cc1N. The Morgan fingerprint density at radius 3 is 2.65 bits per heavy atom. The fourth-order valence-electron chi connectivity index (χ4n) is 2.20. The first kappa shape index (κ1) is 15.4. The van der Waals surface area contributed by atoms with Gasteiger partial charge in [0.25, 0.3) is 0 Å². The van der Waals surface area contributed by atoms with Crippen LogP contribution in [0.25, 0.3) is 0 Å². The van der Waals surface area contributed by atoms with Gasteiger partial charge < -0.3 is 10.6 Å². The van der Waals surface area contributed by atoms with Crippen LogP contribution in [-0.2, 0) is 13.1 Å². The smallest absolute Gasteiger partial charge is 0.0739 e. The zero-order valence-corrected chi connectivity index (χ0v) is 15.0. The molecule has 1 aromatic carbocycles. The topological polar surface area (TPSA) is 47.1 Å². The average molecular weight is 402 g/mol. The average Bonchev–Trinajstić information content (AvgIpc) is 2.66. The van der Waals surface area contributed by atoms with E-state index in [2.05, 4.69) is 48.8 Å². The largest absolute Gasteiger partial charge is 0.397 e. The van der Waals surface area contributed by atoms with Gasteiger partial charge in [-0.1, -0.05) is 15.9 Å². The summed E-state index contributed by atoms with van der Waals surface area (Å²) in [5.41, 5.74) is 10.0. The molecule has 20 heavy (non-hydrogen) atoms. The standard InChI is InChI=1S/C14H18Br2N4/c1-4-20-13(14(16)9(2)18-20)8-19(3)12-6-5-10(15)7-11(12)17/h5-7H,4,8,17H2,1-3H3. The Morgan fingerprint density at radius 1 is 1.35 bits per heavy atom. The molecular formula is C14H18Br2N4. The van der Waals surface area contributed by atoms with E-state index in [1.807, 2.05) is 36.9 Å². The molecule has 0 amide bonds. The molecule has 0 aliphatic rings. The number of nitrogens with zero attached hydrogens (tertiary/aromatic N) is 3. The minimum Gasteiger partial charge on any atom is -0.397 e. The lowest BCUT2D eigenvalue weighted by Crippen LogP contribution is -2.20. The summed E-state index contributed by atoms with van der Waals surface area (Å²) in [7, 11) is 2.04. The van der Waals surface area contributed by atoms with Crippen molar-refractivity contribution in [3.63, 3.8) is 0 Å². The van der Waals surface area contributed by atoms with Crippen LogP contribution in [-0.4, -0.2) is 16.8 Å². The van der Waals surface area contributed by atoms with Crippen molar-refractivity contribution in [1.29, 1.82) is 0 Å². The van der Waals surface area contributed by atoms with Gasteiger partial charge in [-0.05, 0) is 48.0 Å².